The summed E-state index contributed by atoms with van der Waals surface area (Å²) >= 11 is 0. The van der Waals surface area contributed by atoms with Crippen molar-refractivity contribution in [3.63, 3.8) is 0 Å². The lowest BCUT2D eigenvalue weighted by Gasteiger charge is -2.09. The van der Waals surface area contributed by atoms with Crippen molar-refractivity contribution in [3.8, 4) is 0 Å². The van der Waals surface area contributed by atoms with Crippen LogP contribution in [-0.2, 0) is 4.74 Å². The molecule has 0 amide bonds. The number of rotatable bonds is 4. The fourth-order valence-electron chi connectivity index (χ4n) is 1.23. The lowest BCUT2D eigenvalue weighted by molar-refractivity contribution is 0.0588. The van der Waals surface area contributed by atoms with Gasteiger partial charge >= 0.3 is 0 Å². The van der Waals surface area contributed by atoms with E-state index in [4.69, 9.17) is 4.74 Å². The van der Waals surface area contributed by atoms with Gasteiger partial charge in [0.1, 0.15) is 0 Å². The van der Waals surface area contributed by atoms with Crippen molar-refractivity contribution in [1.29, 1.82) is 0 Å². The van der Waals surface area contributed by atoms with Gasteiger partial charge < -0.3 is 4.74 Å². The SMILES string of the molecule is [CH2]CCCOC1C[CH]CC1. The molecule has 0 spiro atoms. The molecule has 2 radical (unpaired) electrons. The van der Waals surface area contributed by atoms with E-state index < -0.39 is 0 Å². The van der Waals surface area contributed by atoms with Crippen molar-refractivity contribution >= 4 is 0 Å². The molecule has 0 aromatic rings. The third kappa shape index (κ3) is 2.70. The van der Waals surface area contributed by atoms with Gasteiger partial charge in [0.05, 0.1) is 6.10 Å². The highest BCUT2D eigenvalue weighted by Gasteiger charge is 2.14. The van der Waals surface area contributed by atoms with Crippen LogP contribution in [0.25, 0.3) is 0 Å². The van der Waals surface area contributed by atoms with Gasteiger partial charge in [0.25, 0.3) is 0 Å². The Morgan fingerprint density at radius 2 is 2.50 bits per heavy atom. The van der Waals surface area contributed by atoms with Gasteiger partial charge in [-0.25, -0.2) is 0 Å². The lowest BCUT2D eigenvalue weighted by atomic mass is 10.3. The highest BCUT2D eigenvalue weighted by molar-refractivity contribution is 4.80. The maximum absolute atomic E-state index is 5.57. The van der Waals surface area contributed by atoms with Crippen molar-refractivity contribution in [2.24, 2.45) is 0 Å². The quantitative estimate of drug-likeness (QED) is 0.545. The van der Waals surface area contributed by atoms with E-state index in [1.807, 2.05) is 0 Å². The van der Waals surface area contributed by atoms with Gasteiger partial charge in [-0.1, -0.05) is 13.3 Å². The summed E-state index contributed by atoms with van der Waals surface area (Å²) in [6.45, 7) is 4.67. The van der Waals surface area contributed by atoms with Crippen LogP contribution >= 0.6 is 0 Å². The van der Waals surface area contributed by atoms with E-state index in [1.54, 1.807) is 0 Å². The normalized spacial score (nSPS) is 20.1. The minimum absolute atomic E-state index is 0.534. The number of hydrogen-bond acceptors (Lipinski definition) is 1. The molecular formula is C9H16O. The molecule has 1 nitrogen and oxygen atoms in total. The van der Waals surface area contributed by atoms with Crippen molar-refractivity contribution in [2.45, 2.75) is 38.2 Å². The topological polar surface area (TPSA) is 9.23 Å². The van der Waals surface area contributed by atoms with E-state index in [1.165, 1.54) is 12.8 Å². The molecule has 0 bridgehead atoms. The lowest BCUT2D eigenvalue weighted by Crippen LogP contribution is -2.07. The van der Waals surface area contributed by atoms with Crippen molar-refractivity contribution in [1.82, 2.24) is 0 Å². The smallest absolute Gasteiger partial charge is 0.0578 e. The molecule has 58 valence electrons. The van der Waals surface area contributed by atoms with E-state index in [0.29, 0.717) is 6.10 Å². The van der Waals surface area contributed by atoms with Gasteiger partial charge in [0, 0.05) is 6.61 Å². The first-order chi connectivity index (χ1) is 4.93. The fourth-order valence-corrected chi connectivity index (χ4v) is 1.23. The Bertz CT molecular complexity index is 74.8. The molecule has 10 heavy (non-hydrogen) atoms. The Balaban J connectivity index is 1.91. The van der Waals surface area contributed by atoms with E-state index in [2.05, 4.69) is 13.3 Å². The second kappa shape index (κ2) is 4.73. The van der Waals surface area contributed by atoms with Crippen LogP contribution in [0.15, 0.2) is 0 Å². The monoisotopic (exact) mass is 140 g/mol. The zero-order chi connectivity index (χ0) is 7.23. The largest absolute Gasteiger partial charge is 0.378 e. The molecule has 0 saturated heterocycles. The number of hydrogen-bond donors (Lipinski definition) is 0. The van der Waals surface area contributed by atoms with Crippen LogP contribution in [0.2, 0.25) is 0 Å². The van der Waals surface area contributed by atoms with E-state index in [9.17, 15) is 0 Å². The average molecular weight is 140 g/mol. The number of ether oxygens (including phenoxy) is 1. The molecule has 0 aromatic heterocycles. The molecule has 0 heterocycles. The standard InChI is InChI=1S/C9H16O/c1-2-3-8-10-9-6-4-5-7-9/h4,9H,1-3,5-8H2. The minimum Gasteiger partial charge on any atom is -0.378 e. The molecule has 0 N–H and O–H groups in total. The van der Waals surface area contributed by atoms with E-state index in [0.717, 1.165) is 25.9 Å². The van der Waals surface area contributed by atoms with Gasteiger partial charge in [-0.15, -0.1) is 0 Å². The summed E-state index contributed by atoms with van der Waals surface area (Å²) < 4.78 is 5.57. The van der Waals surface area contributed by atoms with Crippen molar-refractivity contribution in [3.05, 3.63) is 13.3 Å². The molecule has 1 aliphatic rings. The molecule has 1 atom stereocenters. The molecule has 1 saturated carbocycles. The Kier molecular flexibility index (Phi) is 3.81. The maximum atomic E-state index is 5.57. The summed E-state index contributed by atoms with van der Waals surface area (Å²) in [5.74, 6) is 0. The van der Waals surface area contributed by atoms with Crippen molar-refractivity contribution in [2.75, 3.05) is 6.61 Å². The summed E-state index contributed by atoms with van der Waals surface area (Å²) in [5, 5.41) is 0. The molecule has 0 aliphatic heterocycles. The Hall–Kier alpha value is -0.0400. The van der Waals surface area contributed by atoms with Gasteiger partial charge in [-0.3, -0.25) is 0 Å². The van der Waals surface area contributed by atoms with Crippen LogP contribution in [0.3, 0.4) is 0 Å². The molecule has 1 rings (SSSR count). The third-order valence-corrected chi connectivity index (χ3v) is 1.87. The van der Waals surface area contributed by atoms with Crippen LogP contribution in [-0.4, -0.2) is 12.7 Å². The highest BCUT2D eigenvalue weighted by Crippen LogP contribution is 2.19. The molecular weight excluding hydrogens is 124 g/mol. The Labute approximate surface area is 63.8 Å². The Morgan fingerprint density at radius 3 is 3.10 bits per heavy atom. The zero-order valence-electron chi connectivity index (χ0n) is 6.51. The second-order valence-electron chi connectivity index (χ2n) is 2.80. The molecule has 1 unspecified atom stereocenters. The average Bonchev–Trinajstić information content (AvgIpc) is 2.41. The minimum atomic E-state index is 0.534. The first-order valence-electron chi connectivity index (χ1n) is 4.16. The third-order valence-electron chi connectivity index (χ3n) is 1.87. The van der Waals surface area contributed by atoms with Gasteiger partial charge in [0.2, 0.25) is 0 Å². The summed E-state index contributed by atoms with van der Waals surface area (Å²) in [4.78, 5) is 0. The summed E-state index contributed by atoms with van der Waals surface area (Å²) in [5.41, 5.74) is 0. The molecule has 0 aromatic carbocycles. The first-order valence-corrected chi connectivity index (χ1v) is 4.16. The Morgan fingerprint density at radius 1 is 1.60 bits per heavy atom. The summed E-state index contributed by atoms with van der Waals surface area (Å²) in [6, 6.07) is 0. The van der Waals surface area contributed by atoms with Crippen LogP contribution in [0, 0.1) is 13.3 Å². The maximum Gasteiger partial charge on any atom is 0.0578 e. The predicted molar refractivity (Wildman–Crippen MR) is 42.5 cm³/mol. The van der Waals surface area contributed by atoms with Crippen molar-refractivity contribution < 1.29 is 4.74 Å². The first kappa shape index (κ1) is 8.06. The highest BCUT2D eigenvalue weighted by atomic mass is 16.5. The van der Waals surface area contributed by atoms with Gasteiger partial charge in [-0.05, 0) is 32.1 Å². The molecule has 1 heteroatoms. The zero-order valence-corrected chi connectivity index (χ0v) is 6.51. The van der Waals surface area contributed by atoms with Crippen LogP contribution in [0.5, 0.6) is 0 Å². The second-order valence-corrected chi connectivity index (χ2v) is 2.80. The van der Waals surface area contributed by atoms with Gasteiger partial charge in [-0.2, -0.15) is 0 Å². The van der Waals surface area contributed by atoms with E-state index in [-0.39, 0.29) is 0 Å². The fraction of sp³-hybridized carbons (Fsp3) is 0.778. The van der Waals surface area contributed by atoms with Crippen LogP contribution in [0.1, 0.15) is 32.1 Å². The molecule has 1 fully saturated rings. The van der Waals surface area contributed by atoms with Gasteiger partial charge in [0.15, 0.2) is 0 Å². The summed E-state index contributed by atoms with van der Waals surface area (Å²) in [7, 11) is 0. The molecule has 1 aliphatic carbocycles. The van der Waals surface area contributed by atoms with Crippen LogP contribution in [0.4, 0.5) is 0 Å². The number of unbranched alkanes of at least 4 members (excludes halogenated alkanes) is 1. The van der Waals surface area contributed by atoms with E-state index >= 15 is 0 Å². The van der Waals surface area contributed by atoms with Crippen LogP contribution < -0.4 is 0 Å². The predicted octanol–water partition coefficient (Wildman–Crippen LogP) is 2.37. The summed E-state index contributed by atoms with van der Waals surface area (Å²) in [6.07, 6.45) is 8.59.